The van der Waals surface area contributed by atoms with Gasteiger partial charge in [-0.1, -0.05) is 12.1 Å². The number of carboxylic acid groups (broad SMARTS) is 1. The summed E-state index contributed by atoms with van der Waals surface area (Å²) in [7, 11) is 0. The van der Waals surface area contributed by atoms with Gasteiger partial charge in [0, 0.05) is 6.54 Å². The highest BCUT2D eigenvalue weighted by Crippen LogP contribution is 2.35. The summed E-state index contributed by atoms with van der Waals surface area (Å²) in [5, 5.41) is 19.5. The molecule has 3 rings (SSSR count). The van der Waals surface area contributed by atoms with Crippen molar-refractivity contribution in [3.63, 3.8) is 0 Å². The lowest BCUT2D eigenvalue weighted by Crippen LogP contribution is -2.28. The van der Waals surface area contributed by atoms with Crippen LogP contribution in [-0.4, -0.2) is 45.3 Å². The van der Waals surface area contributed by atoms with E-state index in [-0.39, 0.29) is 17.2 Å². The highest BCUT2D eigenvalue weighted by molar-refractivity contribution is 8.18. The number of ether oxygens (including phenoxy) is 1. The number of amides is 1. The van der Waals surface area contributed by atoms with Gasteiger partial charge in [-0.15, -0.1) is 0 Å². The number of aromatic carboxylic acids is 1. The summed E-state index contributed by atoms with van der Waals surface area (Å²) in [4.78, 5) is 30.4. The number of thioether (sulfide) groups is 1. The Bertz CT molecular complexity index is 1020. The monoisotopic (exact) mass is 412 g/mol. The highest BCUT2D eigenvalue weighted by Gasteiger charge is 2.32. The van der Waals surface area contributed by atoms with Gasteiger partial charge in [-0.25, -0.2) is 9.79 Å². The Morgan fingerprint density at radius 2 is 2.03 bits per heavy atom. The van der Waals surface area contributed by atoms with Gasteiger partial charge in [-0.05, 0) is 67.6 Å². The Morgan fingerprint density at radius 1 is 1.24 bits per heavy atom. The van der Waals surface area contributed by atoms with E-state index in [1.54, 1.807) is 30.3 Å². The molecule has 2 N–H and O–H groups in total. The third kappa shape index (κ3) is 4.60. The van der Waals surface area contributed by atoms with Crippen molar-refractivity contribution in [2.75, 3.05) is 13.2 Å². The number of aromatic hydroxyl groups is 1. The van der Waals surface area contributed by atoms with Crippen LogP contribution in [0.15, 0.2) is 52.4 Å². The topological polar surface area (TPSA) is 99.4 Å². The SMILES string of the molecule is CCOc1cc(C=C2SC(=Nc3cccc(C(=O)O)c3)N(CC)C2=O)ccc1O. The van der Waals surface area contributed by atoms with E-state index in [9.17, 15) is 14.7 Å². The predicted molar refractivity (Wildman–Crippen MR) is 113 cm³/mol. The molecule has 1 amide bonds. The molecule has 1 saturated heterocycles. The maximum Gasteiger partial charge on any atom is 0.335 e. The van der Waals surface area contributed by atoms with Crippen LogP contribution >= 0.6 is 11.8 Å². The fourth-order valence-corrected chi connectivity index (χ4v) is 3.79. The third-order valence-electron chi connectivity index (χ3n) is 4.10. The number of phenols is 1. The zero-order valence-corrected chi connectivity index (χ0v) is 16.8. The third-order valence-corrected chi connectivity index (χ3v) is 5.11. The van der Waals surface area contributed by atoms with E-state index in [1.807, 2.05) is 13.8 Å². The predicted octanol–water partition coefficient (Wildman–Crippen LogP) is 4.11. The summed E-state index contributed by atoms with van der Waals surface area (Å²) in [6.07, 6.45) is 1.72. The average molecular weight is 412 g/mol. The Hall–Kier alpha value is -3.26. The van der Waals surface area contributed by atoms with E-state index < -0.39 is 5.97 Å². The van der Waals surface area contributed by atoms with Gasteiger partial charge < -0.3 is 14.9 Å². The molecule has 7 nitrogen and oxygen atoms in total. The summed E-state index contributed by atoms with van der Waals surface area (Å²) in [6.45, 7) is 4.51. The molecule has 0 atom stereocenters. The number of nitrogens with zero attached hydrogens (tertiary/aromatic N) is 2. The van der Waals surface area contributed by atoms with Gasteiger partial charge in [0.15, 0.2) is 16.7 Å². The number of phenolic OH excluding ortho intramolecular Hbond substituents is 1. The fraction of sp³-hybridized carbons (Fsp3) is 0.190. The quantitative estimate of drug-likeness (QED) is 0.693. The van der Waals surface area contributed by atoms with Crippen LogP contribution in [0.4, 0.5) is 5.69 Å². The minimum atomic E-state index is -1.03. The first-order chi connectivity index (χ1) is 13.9. The summed E-state index contributed by atoms with van der Waals surface area (Å²) < 4.78 is 5.39. The van der Waals surface area contributed by atoms with Crippen molar-refractivity contribution < 1.29 is 24.5 Å². The van der Waals surface area contributed by atoms with Crippen LogP contribution in [0.2, 0.25) is 0 Å². The van der Waals surface area contributed by atoms with E-state index in [0.717, 1.165) is 0 Å². The lowest BCUT2D eigenvalue weighted by atomic mass is 10.2. The van der Waals surface area contributed by atoms with Crippen LogP contribution in [0, 0.1) is 0 Å². The number of likely N-dealkylation sites (N-methyl/N-ethyl adjacent to an activating group) is 1. The zero-order chi connectivity index (χ0) is 21.0. The van der Waals surface area contributed by atoms with E-state index >= 15 is 0 Å². The van der Waals surface area contributed by atoms with Crippen LogP contribution < -0.4 is 4.74 Å². The van der Waals surface area contributed by atoms with E-state index in [2.05, 4.69) is 4.99 Å². The average Bonchev–Trinajstić information content (AvgIpc) is 2.99. The van der Waals surface area contributed by atoms with E-state index in [0.29, 0.717) is 40.2 Å². The number of carbonyl (C=O) groups excluding carboxylic acids is 1. The molecule has 0 aliphatic carbocycles. The molecule has 2 aromatic rings. The minimum absolute atomic E-state index is 0.0372. The molecule has 0 aromatic heterocycles. The fourth-order valence-electron chi connectivity index (χ4n) is 2.73. The van der Waals surface area contributed by atoms with Crippen molar-refractivity contribution in [3.8, 4) is 11.5 Å². The molecule has 1 aliphatic heterocycles. The minimum Gasteiger partial charge on any atom is -0.504 e. The van der Waals surface area contributed by atoms with Crippen molar-refractivity contribution >= 4 is 40.6 Å². The number of carboxylic acids is 1. The molecule has 0 bridgehead atoms. The summed E-state index contributed by atoms with van der Waals surface area (Å²) in [5.74, 6) is -0.830. The van der Waals surface area contributed by atoms with Gasteiger partial charge in [-0.3, -0.25) is 9.69 Å². The maximum atomic E-state index is 12.8. The number of rotatable bonds is 6. The van der Waals surface area contributed by atoms with Gasteiger partial charge in [0.05, 0.1) is 22.8 Å². The molecular formula is C21H20N2O5S. The van der Waals surface area contributed by atoms with Gasteiger partial charge in [0.25, 0.3) is 5.91 Å². The van der Waals surface area contributed by atoms with Crippen LogP contribution in [0.1, 0.15) is 29.8 Å². The van der Waals surface area contributed by atoms with Crippen molar-refractivity contribution in [2.24, 2.45) is 4.99 Å². The second-order valence-electron chi connectivity index (χ2n) is 6.07. The number of benzene rings is 2. The van der Waals surface area contributed by atoms with E-state index in [4.69, 9.17) is 9.84 Å². The van der Waals surface area contributed by atoms with Crippen LogP contribution in [-0.2, 0) is 4.79 Å². The molecule has 150 valence electrons. The first-order valence-corrected chi connectivity index (χ1v) is 9.83. The summed E-state index contributed by atoms with van der Waals surface area (Å²) >= 11 is 1.22. The van der Waals surface area contributed by atoms with Gasteiger partial charge in [0.2, 0.25) is 0 Å². The Balaban J connectivity index is 1.93. The molecule has 1 fully saturated rings. The molecule has 1 aliphatic rings. The summed E-state index contributed by atoms with van der Waals surface area (Å²) in [6, 6.07) is 11.1. The summed E-state index contributed by atoms with van der Waals surface area (Å²) in [5.41, 5.74) is 1.31. The van der Waals surface area contributed by atoms with Crippen LogP contribution in [0.5, 0.6) is 11.5 Å². The number of hydrogen-bond acceptors (Lipinski definition) is 6. The van der Waals surface area contributed by atoms with Crippen molar-refractivity contribution in [3.05, 3.63) is 58.5 Å². The lowest BCUT2D eigenvalue weighted by molar-refractivity contribution is -0.122. The van der Waals surface area contributed by atoms with Crippen LogP contribution in [0.25, 0.3) is 6.08 Å². The second kappa shape index (κ2) is 8.83. The molecule has 1 heterocycles. The molecular weight excluding hydrogens is 392 g/mol. The van der Waals surface area contributed by atoms with Crippen LogP contribution in [0.3, 0.4) is 0 Å². The lowest BCUT2D eigenvalue weighted by Gasteiger charge is -2.12. The van der Waals surface area contributed by atoms with Gasteiger partial charge in [0.1, 0.15) is 0 Å². The first kappa shape index (κ1) is 20.5. The molecule has 0 saturated carbocycles. The molecule has 29 heavy (non-hydrogen) atoms. The number of hydrogen-bond donors (Lipinski definition) is 2. The second-order valence-corrected chi connectivity index (χ2v) is 7.08. The van der Waals surface area contributed by atoms with Crippen molar-refractivity contribution in [1.29, 1.82) is 0 Å². The van der Waals surface area contributed by atoms with Crippen molar-refractivity contribution in [1.82, 2.24) is 4.90 Å². The highest BCUT2D eigenvalue weighted by atomic mass is 32.2. The Labute approximate surface area is 172 Å². The number of amidine groups is 1. The largest absolute Gasteiger partial charge is 0.504 e. The maximum absolute atomic E-state index is 12.8. The first-order valence-electron chi connectivity index (χ1n) is 9.02. The molecule has 0 radical (unpaired) electrons. The number of aliphatic imine (C=N–C) groups is 1. The Kier molecular flexibility index (Phi) is 6.23. The zero-order valence-electron chi connectivity index (χ0n) is 16.0. The molecule has 0 spiro atoms. The molecule has 8 heteroatoms. The normalized spacial score (nSPS) is 16.6. The smallest absolute Gasteiger partial charge is 0.335 e. The molecule has 2 aromatic carbocycles. The van der Waals surface area contributed by atoms with E-state index in [1.165, 1.54) is 34.9 Å². The van der Waals surface area contributed by atoms with Gasteiger partial charge in [-0.2, -0.15) is 0 Å². The standard InChI is InChI=1S/C21H20N2O5S/c1-3-23-19(25)18(11-13-8-9-16(24)17(10-13)28-4-2)29-21(23)22-15-7-5-6-14(12-15)20(26)27/h5-12,24H,3-4H2,1-2H3,(H,26,27). The number of carbonyl (C=O) groups is 2. The van der Waals surface area contributed by atoms with Gasteiger partial charge >= 0.3 is 5.97 Å². The Morgan fingerprint density at radius 3 is 2.72 bits per heavy atom. The molecule has 0 unspecified atom stereocenters. The van der Waals surface area contributed by atoms with Crippen molar-refractivity contribution in [2.45, 2.75) is 13.8 Å².